The maximum absolute atomic E-state index is 13.2. The average Bonchev–Trinajstić information content (AvgIpc) is 2.88. The van der Waals surface area contributed by atoms with E-state index in [1.54, 1.807) is 4.90 Å². The second-order valence-corrected chi connectivity index (χ2v) is 11.0. The number of carbonyl (C=O) groups excluding carboxylic acids is 1. The molecule has 166 valence electrons. The van der Waals surface area contributed by atoms with Crippen LogP contribution in [0.1, 0.15) is 17.3 Å². The predicted molar refractivity (Wildman–Crippen MR) is 137 cm³/mol. The molecule has 0 saturated heterocycles. The highest BCUT2D eigenvalue weighted by Crippen LogP contribution is 2.57. The van der Waals surface area contributed by atoms with Gasteiger partial charge in [-0.05, 0) is 55.5 Å². The van der Waals surface area contributed by atoms with Crippen LogP contribution in [-0.2, 0) is 0 Å². The molecule has 0 unspecified atom stereocenters. The summed E-state index contributed by atoms with van der Waals surface area (Å²) in [7, 11) is -0.292. The maximum atomic E-state index is 13.2. The standard InChI is InChI=1S/C29H27NOP.ClH/c1-24(30(2)29(31)25-15-7-3-8-16-25)23-32(26-17-9-4-10-18-26,27-19-11-5-12-20-27)28-21-13-6-14-22-28;/h3-23H,1-2H3;1H/q+1;/p-1/b24-23+;. The Balaban J connectivity index is 0.00000306. The third kappa shape index (κ3) is 5.09. The molecule has 0 spiro atoms. The van der Waals surface area contributed by atoms with Crippen molar-refractivity contribution in [1.29, 1.82) is 0 Å². The quantitative estimate of drug-likeness (QED) is 0.396. The van der Waals surface area contributed by atoms with Gasteiger partial charge in [0.05, 0.1) is 11.5 Å². The van der Waals surface area contributed by atoms with Crippen molar-refractivity contribution in [2.45, 2.75) is 6.92 Å². The van der Waals surface area contributed by atoms with E-state index in [0.29, 0.717) is 5.56 Å². The lowest BCUT2D eigenvalue weighted by molar-refractivity contribution is -0.0000156. The van der Waals surface area contributed by atoms with E-state index in [4.69, 9.17) is 0 Å². The van der Waals surface area contributed by atoms with Crippen molar-refractivity contribution in [3.63, 3.8) is 0 Å². The van der Waals surface area contributed by atoms with Gasteiger partial charge in [0.1, 0.15) is 23.2 Å². The van der Waals surface area contributed by atoms with Crippen LogP contribution in [0.3, 0.4) is 0 Å². The molecule has 0 aliphatic carbocycles. The lowest BCUT2D eigenvalue weighted by atomic mass is 10.2. The van der Waals surface area contributed by atoms with Gasteiger partial charge in [-0.3, -0.25) is 4.79 Å². The molecule has 0 fully saturated rings. The Hall–Kier alpha value is -3.19. The zero-order chi connectivity index (χ0) is 22.4. The summed E-state index contributed by atoms with van der Waals surface area (Å²) in [6.07, 6.45) is 0. The first-order valence-electron chi connectivity index (χ1n) is 10.7. The first-order chi connectivity index (χ1) is 15.6. The van der Waals surface area contributed by atoms with Gasteiger partial charge in [-0.15, -0.1) is 0 Å². The van der Waals surface area contributed by atoms with Gasteiger partial charge in [-0.1, -0.05) is 72.8 Å². The highest BCUT2D eigenvalue weighted by atomic mass is 35.5. The third-order valence-electron chi connectivity index (χ3n) is 5.73. The summed E-state index contributed by atoms with van der Waals surface area (Å²) in [5.41, 5.74) is 1.62. The second-order valence-electron chi connectivity index (χ2n) is 7.73. The number of amides is 1. The van der Waals surface area contributed by atoms with Gasteiger partial charge in [0.25, 0.3) is 5.91 Å². The fourth-order valence-corrected chi connectivity index (χ4v) is 7.96. The van der Waals surface area contributed by atoms with Crippen LogP contribution in [0.15, 0.2) is 133 Å². The molecule has 0 aromatic heterocycles. The molecule has 0 radical (unpaired) electrons. The number of nitrogens with zero attached hydrogens (tertiary/aromatic N) is 1. The molecule has 4 rings (SSSR count). The number of rotatable bonds is 6. The molecule has 0 bridgehead atoms. The van der Waals surface area contributed by atoms with Crippen LogP contribution in [0, 0.1) is 0 Å². The lowest BCUT2D eigenvalue weighted by Gasteiger charge is -2.27. The van der Waals surface area contributed by atoms with Gasteiger partial charge in [-0.25, -0.2) is 0 Å². The number of hydrogen-bond donors (Lipinski definition) is 0. The van der Waals surface area contributed by atoms with Crippen LogP contribution in [0.4, 0.5) is 0 Å². The Morgan fingerprint density at radius 1 is 0.636 bits per heavy atom. The molecular formula is C29H27ClNOP. The first-order valence-corrected chi connectivity index (χ1v) is 12.6. The van der Waals surface area contributed by atoms with Crippen molar-refractivity contribution >= 4 is 29.1 Å². The van der Waals surface area contributed by atoms with Gasteiger partial charge in [0.15, 0.2) is 0 Å². The molecular weight excluding hydrogens is 445 g/mol. The van der Waals surface area contributed by atoms with Crippen LogP contribution in [0.5, 0.6) is 0 Å². The average molecular weight is 472 g/mol. The number of allylic oxidation sites excluding steroid dienone is 1. The zero-order valence-electron chi connectivity index (χ0n) is 18.8. The topological polar surface area (TPSA) is 20.3 Å². The summed E-state index contributed by atoms with van der Waals surface area (Å²) in [4.78, 5) is 14.9. The minimum atomic E-state index is -2.15. The van der Waals surface area contributed by atoms with E-state index in [-0.39, 0.29) is 18.3 Å². The minimum Gasteiger partial charge on any atom is -1.00 e. The Labute approximate surface area is 203 Å². The van der Waals surface area contributed by atoms with Gasteiger partial charge in [0.2, 0.25) is 0 Å². The van der Waals surface area contributed by atoms with Crippen molar-refractivity contribution in [1.82, 2.24) is 4.90 Å². The molecule has 4 heteroatoms. The highest BCUT2D eigenvalue weighted by Gasteiger charge is 2.44. The van der Waals surface area contributed by atoms with Crippen molar-refractivity contribution in [3.05, 3.63) is 138 Å². The van der Waals surface area contributed by atoms with E-state index in [1.165, 1.54) is 15.9 Å². The highest BCUT2D eigenvalue weighted by molar-refractivity contribution is 7.98. The molecule has 0 heterocycles. The summed E-state index contributed by atoms with van der Waals surface area (Å²) < 4.78 is 0. The lowest BCUT2D eigenvalue weighted by Crippen LogP contribution is -3.00. The molecule has 0 saturated carbocycles. The number of benzene rings is 4. The van der Waals surface area contributed by atoms with Crippen LogP contribution in [-0.4, -0.2) is 17.9 Å². The normalized spacial score (nSPS) is 11.4. The fourth-order valence-electron chi connectivity index (χ4n) is 3.96. The van der Waals surface area contributed by atoms with E-state index in [1.807, 2.05) is 44.3 Å². The van der Waals surface area contributed by atoms with Gasteiger partial charge >= 0.3 is 0 Å². The Kier molecular flexibility index (Phi) is 8.22. The van der Waals surface area contributed by atoms with Gasteiger partial charge < -0.3 is 17.3 Å². The molecule has 0 aliphatic rings. The molecule has 0 N–H and O–H groups in total. The molecule has 0 aliphatic heterocycles. The largest absolute Gasteiger partial charge is 1.00 e. The van der Waals surface area contributed by atoms with Crippen molar-refractivity contribution in [2.24, 2.45) is 0 Å². The Morgan fingerprint density at radius 3 is 1.33 bits per heavy atom. The number of halogens is 1. The molecule has 0 atom stereocenters. The van der Waals surface area contributed by atoms with Gasteiger partial charge in [-0.2, -0.15) is 0 Å². The summed E-state index contributed by atoms with van der Waals surface area (Å²) in [6.45, 7) is 2.03. The predicted octanol–water partition coefficient (Wildman–Crippen LogP) is 2.62. The molecule has 1 amide bonds. The number of hydrogen-bond acceptors (Lipinski definition) is 1. The van der Waals surface area contributed by atoms with E-state index in [2.05, 4.69) is 96.8 Å². The van der Waals surface area contributed by atoms with Crippen molar-refractivity contribution in [3.8, 4) is 0 Å². The minimum absolute atomic E-state index is 0. The summed E-state index contributed by atoms with van der Waals surface area (Å²) >= 11 is 0. The van der Waals surface area contributed by atoms with E-state index >= 15 is 0 Å². The number of carbonyl (C=O) groups is 1. The smallest absolute Gasteiger partial charge is 0.257 e. The fraction of sp³-hybridized carbons (Fsp3) is 0.0690. The molecule has 33 heavy (non-hydrogen) atoms. The zero-order valence-corrected chi connectivity index (χ0v) is 20.5. The van der Waals surface area contributed by atoms with E-state index < -0.39 is 7.26 Å². The third-order valence-corrected chi connectivity index (χ3v) is 9.82. The summed E-state index contributed by atoms with van der Waals surface area (Å²) in [5, 5.41) is 3.78. The van der Waals surface area contributed by atoms with Crippen LogP contribution >= 0.6 is 7.26 Å². The molecule has 2 nitrogen and oxygen atoms in total. The summed E-state index contributed by atoms with van der Waals surface area (Å²) in [5.74, 6) is 2.32. The van der Waals surface area contributed by atoms with Crippen molar-refractivity contribution < 1.29 is 17.2 Å². The van der Waals surface area contributed by atoms with Crippen LogP contribution in [0.2, 0.25) is 0 Å². The van der Waals surface area contributed by atoms with E-state index in [0.717, 1.165) is 5.70 Å². The maximum Gasteiger partial charge on any atom is 0.257 e. The van der Waals surface area contributed by atoms with Crippen molar-refractivity contribution in [2.75, 3.05) is 7.05 Å². The van der Waals surface area contributed by atoms with Crippen LogP contribution < -0.4 is 28.3 Å². The summed E-state index contributed by atoms with van der Waals surface area (Å²) in [6, 6.07) is 41.4. The van der Waals surface area contributed by atoms with Gasteiger partial charge in [0, 0.05) is 12.6 Å². The SMILES string of the molecule is C/C(=C\[P+](c1ccccc1)(c1ccccc1)c1ccccc1)N(C)C(=O)c1ccccc1.[Cl-]. The monoisotopic (exact) mass is 471 g/mol. The van der Waals surface area contributed by atoms with E-state index in [9.17, 15) is 4.79 Å². The first kappa shape index (κ1) is 24.5. The van der Waals surface area contributed by atoms with Crippen LogP contribution in [0.25, 0.3) is 0 Å². The second kappa shape index (κ2) is 11.1. The molecule has 4 aromatic carbocycles. The Morgan fingerprint density at radius 2 is 0.970 bits per heavy atom. The molecule has 4 aromatic rings. The Bertz CT molecular complexity index is 1100.